The van der Waals surface area contributed by atoms with Crippen LogP contribution in [0, 0.1) is 5.92 Å². The minimum atomic E-state index is -0.0324. The Balaban J connectivity index is 1.58. The zero-order chi connectivity index (χ0) is 14.7. The van der Waals surface area contributed by atoms with Crippen molar-refractivity contribution in [2.45, 2.75) is 38.6 Å². The normalized spacial score (nSPS) is 22.7. The number of amides is 1. The lowest BCUT2D eigenvalue weighted by Gasteiger charge is -2.26. The highest BCUT2D eigenvalue weighted by molar-refractivity contribution is 5.92. The van der Waals surface area contributed by atoms with E-state index >= 15 is 0 Å². The zero-order valence-corrected chi connectivity index (χ0v) is 12.3. The van der Waals surface area contributed by atoms with Gasteiger partial charge in [-0.25, -0.2) is 0 Å². The van der Waals surface area contributed by atoms with E-state index in [0.29, 0.717) is 11.8 Å². The maximum atomic E-state index is 11.9. The van der Waals surface area contributed by atoms with Crippen LogP contribution in [0.3, 0.4) is 0 Å². The van der Waals surface area contributed by atoms with Crippen molar-refractivity contribution in [2.75, 3.05) is 0 Å². The lowest BCUT2D eigenvalue weighted by Crippen LogP contribution is -2.36. The van der Waals surface area contributed by atoms with Crippen LogP contribution >= 0.6 is 0 Å². The molecule has 1 heterocycles. The molecule has 21 heavy (non-hydrogen) atoms. The number of hydrogen-bond donors (Lipinski definition) is 1. The van der Waals surface area contributed by atoms with Crippen LogP contribution in [0.25, 0.3) is 17.0 Å². The number of fused-ring (bicyclic) bond motifs is 1. The smallest absolute Gasteiger partial charge is 0.244 e. The van der Waals surface area contributed by atoms with Gasteiger partial charge in [-0.15, -0.1) is 0 Å². The first kappa shape index (κ1) is 13.9. The average molecular weight is 283 g/mol. The van der Waals surface area contributed by atoms with Gasteiger partial charge in [0, 0.05) is 17.5 Å². The Hall–Kier alpha value is -2.03. The van der Waals surface area contributed by atoms with Crippen LogP contribution < -0.4 is 5.32 Å². The number of nitrogens with one attached hydrogen (secondary N) is 1. The minimum absolute atomic E-state index is 0.0324. The van der Waals surface area contributed by atoms with Gasteiger partial charge in [0.25, 0.3) is 0 Å². The topological polar surface area (TPSA) is 42.2 Å². The Morgan fingerprint density at radius 2 is 2.00 bits per heavy atom. The van der Waals surface area contributed by atoms with E-state index in [1.807, 2.05) is 30.3 Å². The fourth-order valence-electron chi connectivity index (χ4n) is 2.90. The van der Waals surface area contributed by atoms with E-state index in [0.717, 1.165) is 29.7 Å². The molecule has 0 radical (unpaired) electrons. The molecular weight excluding hydrogens is 262 g/mol. The van der Waals surface area contributed by atoms with Gasteiger partial charge in [0.05, 0.1) is 0 Å². The first-order valence-corrected chi connectivity index (χ1v) is 7.68. The molecule has 3 nitrogen and oxygen atoms in total. The van der Waals surface area contributed by atoms with Crippen LogP contribution in [-0.4, -0.2) is 11.9 Å². The van der Waals surface area contributed by atoms with E-state index < -0.39 is 0 Å². The molecule has 1 aromatic heterocycles. The van der Waals surface area contributed by atoms with Crippen molar-refractivity contribution in [2.24, 2.45) is 5.92 Å². The van der Waals surface area contributed by atoms with Crippen LogP contribution in [0.2, 0.25) is 0 Å². The molecule has 0 aliphatic heterocycles. The molecule has 1 fully saturated rings. The van der Waals surface area contributed by atoms with Gasteiger partial charge in [0.2, 0.25) is 5.91 Å². The fraction of sp³-hybridized carbons (Fsp3) is 0.389. The number of carbonyl (C=O) groups is 1. The zero-order valence-electron chi connectivity index (χ0n) is 12.3. The van der Waals surface area contributed by atoms with E-state index in [1.165, 1.54) is 12.8 Å². The first-order chi connectivity index (χ1) is 10.2. The standard InChI is InChI=1S/C18H21NO2/c1-13-6-8-15(9-7-13)19-18(20)11-10-16-12-14-4-2-3-5-17(14)21-16/h2-5,10-13,15H,6-9H2,1H3,(H,19,20)/b11-10+. The summed E-state index contributed by atoms with van der Waals surface area (Å²) >= 11 is 0. The first-order valence-electron chi connectivity index (χ1n) is 7.68. The number of benzene rings is 1. The largest absolute Gasteiger partial charge is 0.457 e. The molecule has 1 amide bonds. The Morgan fingerprint density at radius 3 is 2.76 bits per heavy atom. The molecule has 0 spiro atoms. The van der Waals surface area contributed by atoms with Crippen LogP contribution in [0.4, 0.5) is 0 Å². The second kappa shape index (κ2) is 6.17. The lowest BCUT2D eigenvalue weighted by atomic mass is 9.87. The van der Waals surface area contributed by atoms with Crippen LogP contribution in [-0.2, 0) is 4.79 Å². The molecule has 0 atom stereocenters. The second-order valence-electron chi connectivity index (χ2n) is 5.99. The summed E-state index contributed by atoms with van der Waals surface area (Å²) in [5.74, 6) is 1.47. The van der Waals surface area contributed by atoms with Gasteiger partial charge in [-0.3, -0.25) is 4.79 Å². The molecule has 1 N–H and O–H groups in total. The number of carbonyl (C=O) groups excluding carboxylic acids is 1. The van der Waals surface area contributed by atoms with Crippen molar-refractivity contribution >= 4 is 23.0 Å². The molecule has 1 saturated carbocycles. The van der Waals surface area contributed by atoms with Crippen molar-refractivity contribution in [1.29, 1.82) is 0 Å². The maximum absolute atomic E-state index is 11.9. The van der Waals surface area contributed by atoms with Crippen molar-refractivity contribution in [1.82, 2.24) is 5.32 Å². The quantitative estimate of drug-likeness (QED) is 0.860. The highest BCUT2D eigenvalue weighted by Crippen LogP contribution is 2.23. The van der Waals surface area contributed by atoms with Crippen LogP contribution in [0.5, 0.6) is 0 Å². The number of rotatable bonds is 3. The molecular formula is C18H21NO2. The monoisotopic (exact) mass is 283 g/mol. The van der Waals surface area contributed by atoms with Crippen molar-refractivity contribution in [3.05, 3.63) is 42.2 Å². The third-order valence-corrected chi connectivity index (χ3v) is 4.21. The minimum Gasteiger partial charge on any atom is -0.457 e. The third kappa shape index (κ3) is 3.54. The summed E-state index contributed by atoms with van der Waals surface area (Å²) in [6.45, 7) is 2.28. The van der Waals surface area contributed by atoms with Crippen molar-refractivity contribution < 1.29 is 9.21 Å². The summed E-state index contributed by atoms with van der Waals surface area (Å²) in [4.78, 5) is 11.9. The third-order valence-electron chi connectivity index (χ3n) is 4.21. The highest BCUT2D eigenvalue weighted by atomic mass is 16.3. The van der Waals surface area contributed by atoms with E-state index in [-0.39, 0.29) is 5.91 Å². The summed E-state index contributed by atoms with van der Waals surface area (Å²) < 4.78 is 5.66. The van der Waals surface area contributed by atoms with E-state index in [2.05, 4.69) is 12.2 Å². The fourth-order valence-corrected chi connectivity index (χ4v) is 2.90. The van der Waals surface area contributed by atoms with Crippen molar-refractivity contribution in [3.63, 3.8) is 0 Å². The van der Waals surface area contributed by atoms with E-state index in [9.17, 15) is 4.79 Å². The molecule has 0 unspecified atom stereocenters. The van der Waals surface area contributed by atoms with Gasteiger partial charge in [-0.1, -0.05) is 25.1 Å². The van der Waals surface area contributed by atoms with Gasteiger partial charge in [0.1, 0.15) is 11.3 Å². The van der Waals surface area contributed by atoms with Gasteiger partial charge in [-0.05, 0) is 49.8 Å². The summed E-state index contributed by atoms with van der Waals surface area (Å²) in [6.07, 6.45) is 7.89. The van der Waals surface area contributed by atoms with Gasteiger partial charge in [0.15, 0.2) is 0 Å². The Kier molecular flexibility index (Phi) is 4.09. The Labute approximate surface area is 125 Å². The van der Waals surface area contributed by atoms with Gasteiger partial charge < -0.3 is 9.73 Å². The van der Waals surface area contributed by atoms with Crippen LogP contribution in [0.15, 0.2) is 40.8 Å². The van der Waals surface area contributed by atoms with E-state index in [1.54, 1.807) is 12.2 Å². The second-order valence-corrected chi connectivity index (χ2v) is 5.99. The Bertz CT molecular complexity index is 615. The maximum Gasteiger partial charge on any atom is 0.244 e. The predicted molar refractivity (Wildman–Crippen MR) is 84.8 cm³/mol. The summed E-state index contributed by atoms with van der Waals surface area (Å²) in [5, 5.41) is 4.13. The molecule has 3 heteroatoms. The predicted octanol–water partition coefficient (Wildman–Crippen LogP) is 4.14. The lowest BCUT2D eigenvalue weighted by molar-refractivity contribution is -0.117. The molecule has 2 aromatic rings. The Morgan fingerprint density at radius 1 is 1.24 bits per heavy atom. The van der Waals surface area contributed by atoms with Crippen LogP contribution in [0.1, 0.15) is 38.4 Å². The SMILES string of the molecule is CC1CCC(NC(=O)/C=C/c2cc3ccccc3o2)CC1. The number of hydrogen-bond acceptors (Lipinski definition) is 2. The van der Waals surface area contributed by atoms with Crippen molar-refractivity contribution in [3.8, 4) is 0 Å². The molecule has 1 aliphatic rings. The summed E-state index contributed by atoms with van der Waals surface area (Å²) in [6, 6.07) is 10.1. The summed E-state index contributed by atoms with van der Waals surface area (Å²) in [7, 11) is 0. The molecule has 110 valence electrons. The highest BCUT2D eigenvalue weighted by Gasteiger charge is 2.18. The molecule has 1 aromatic carbocycles. The van der Waals surface area contributed by atoms with Gasteiger partial charge in [-0.2, -0.15) is 0 Å². The summed E-state index contributed by atoms with van der Waals surface area (Å²) in [5.41, 5.74) is 0.846. The molecule has 1 aliphatic carbocycles. The number of furan rings is 1. The molecule has 0 saturated heterocycles. The average Bonchev–Trinajstić information content (AvgIpc) is 2.90. The number of para-hydroxylation sites is 1. The van der Waals surface area contributed by atoms with Gasteiger partial charge >= 0.3 is 0 Å². The van der Waals surface area contributed by atoms with E-state index in [4.69, 9.17) is 4.42 Å². The molecule has 0 bridgehead atoms. The molecule has 3 rings (SSSR count).